The summed E-state index contributed by atoms with van der Waals surface area (Å²) in [6.07, 6.45) is 2.58. The standard InChI is InChI=1S/C13H23N3OS/c1-4-10-5-6-16(8-10)13-15-11(9-17-3)12(18-13)7-14-2/h10,14H,4-9H2,1-3H3. The van der Waals surface area contributed by atoms with Gasteiger partial charge in [-0.3, -0.25) is 0 Å². The molecule has 1 aromatic heterocycles. The van der Waals surface area contributed by atoms with Gasteiger partial charge < -0.3 is 15.0 Å². The molecule has 0 amide bonds. The highest BCUT2D eigenvalue weighted by Crippen LogP contribution is 2.31. The van der Waals surface area contributed by atoms with Crippen LogP contribution >= 0.6 is 11.3 Å². The highest BCUT2D eigenvalue weighted by Gasteiger charge is 2.24. The molecule has 1 aromatic rings. The largest absolute Gasteiger partial charge is 0.378 e. The molecule has 1 atom stereocenters. The lowest BCUT2D eigenvalue weighted by Gasteiger charge is -2.14. The zero-order chi connectivity index (χ0) is 13.0. The van der Waals surface area contributed by atoms with Crippen LogP contribution in [0.1, 0.15) is 30.3 Å². The molecule has 0 bridgehead atoms. The number of anilines is 1. The van der Waals surface area contributed by atoms with Gasteiger partial charge in [0.2, 0.25) is 0 Å². The van der Waals surface area contributed by atoms with Crippen molar-refractivity contribution in [1.82, 2.24) is 10.3 Å². The molecule has 1 fully saturated rings. The van der Waals surface area contributed by atoms with Gasteiger partial charge in [0, 0.05) is 31.6 Å². The Balaban J connectivity index is 2.11. The fourth-order valence-electron chi connectivity index (χ4n) is 2.39. The lowest BCUT2D eigenvalue weighted by atomic mass is 10.1. The van der Waals surface area contributed by atoms with E-state index in [-0.39, 0.29) is 0 Å². The molecule has 1 unspecified atom stereocenters. The third-order valence-corrected chi connectivity index (χ3v) is 4.68. The minimum atomic E-state index is 0.610. The second kappa shape index (κ2) is 6.50. The van der Waals surface area contributed by atoms with E-state index in [0.717, 1.165) is 31.2 Å². The van der Waals surface area contributed by atoms with Crippen LogP contribution in [0.3, 0.4) is 0 Å². The third-order valence-electron chi connectivity index (χ3n) is 3.52. The highest BCUT2D eigenvalue weighted by atomic mass is 32.1. The van der Waals surface area contributed by atoms with E-state index in [2.05, 4.69) is 17.1 Å². The molecule has 2 rings (SSSR count). The van der Waals surface area contributed by atoms with Crippen molar-refractivity contribution in [1.29, 1.82) is 0 Å². The van der Waals surface area contributed by atoms with Gasteiger partial charge in [0.1, 0.15) is 0 Å². The molecule has 2 heterocycles. The first-order chi connectivity index (χ1) is 8.78. The molecule has 18 heavy (non-hydrogen) atoms. The first kappa shape index (κ1) is 13.8. The monoisotopic (exact) mass is 269 g/mol. The summed E-state index contributed by atoms with van der Waals surface area (Å²) in [6, 6.07) is 0. The van der Waals surface area contributed by atoms with E-state index in [0.29, 0.717) is 6.61 Å². The maximum Gasteiger partial charge on any atom is 0.185 e. The average molecular weight is 269 g/mol. The van der Waals surface area contributed by atoms with Gasteiger partial charge in [-0.05, 0) is 19.4 Å². The zero-order valence-corrected chi connectivity index (χ0v) is 12.3. The van der Waals surface area contributed by atoms with E-state index in [1.165, 1.54) is 22.9 Å². The maximum atomic E-state index is 5.23. The summed E-state index contributed by atoms with van der Waals surface area (Å²) >= 11 is 1.81. The van der Waals surface area contributed by atoms with Crippen molar-refractivity contribution in [3.8, 4) is 0 Å². The molecule has 0 saturated carbocycles. The fourth-order valence-corrected chi connectivity index (χ4v) is 3.50. The number of methoxy groups -OCH3 is 1. The lowest BCUT2D eigenvalue weighted by Crippen LogP contribution is -2.19. The van der Waals surface area contributed by atoms with E-state index >= 15 is 0 Å². The van der Waals surface area contributed by atoms with Crippen LogP contribution in [-0.2, 0) is 17.9 Å². The van der Waals surface area contributed by atoms with Crippen LogP contribution in [-0.4, -0.2) is 32.2 Å². The predicted octanol–water partition coefficient (Wildman–Crippen LogP) is 2.25. The van der Waals surface area contributed by atoms with E-state index in [9.17, 15) is 0 Å². The molecule has 1 N–H and O–H groups in total. The van der Waals surface area contributed by atoms with Gasteiger partial charge in [-0.1, -0.05) is 13.3 Å². The topological polar surface area (TPSA) is 37.4 Å². The Kier molecular flexibility index (Phi) is 4.97. The molecule has 0 aromatic carbocycles. The van der Waals surface area contributed by atoms with Crippen molar-refractivity contribution in [2.24, 2.45) is 5.92 Å². The van der Waals surface area contributed by atoms with Crippen LogP contribution in [0.2, 0.25) is 0 Å². The second-order valence-electron chi connectivity index (χ2n) is 4.84. The molecule has 102 valence electrons. The Bertz CT molecular complexity index is 357. The van der Waals surface area contributed by atoms with Crippen LogP contribution in [0.4, 0.5) is 5.13 Å². The third kappa shape index (κ3) is 3.02. The van der Waals surface area contributed by atoms with Gasteiger partial charge in [-0.25, -0.2) is 4.98 Å². The van der Waals surface area contributed by atoms with Gasteiger partial charge in [-0.2, -0.15) is 0 Å². The molecule has 0 spiro atoms. The average Bonchev–Trinajstić information content (AvgIpc) is 2.97. The molecule has 0 radical (unpaired) electrons. The predicted molar refractivity (Wildman–Crippen MR) is 76.2 cm³/mol. The number of nitrogens with zero attached hydrogens (tertiary/aromatic N) is 2. The molecule has 1 aliphatic rings. The summed E-state index contributed by atoms with van der Waals surface area (Å²) in [7, 11) is 3.70. The summed E-state index contributed by atoms with van der Waals surface area (Å²) in [4.78, 5) is 8.48. The Morgan fingerprint density at radius 1 is 1.56 bits per heavy atom. The van der Waals surface area contributed by atoms with Gasteiger partial charge in [0.05, 0.1) is 12.3 Å². The minimum absolute atomic E-state index is 0.610. The Morgan fingerprint density at radius 3 is 3.00 bits per heavy atom. The highest BCUT2D eigenvalue weighted by molar-refractivity contribution is 7.15. The number of rotatable bonds is 6. The first-order valence-electron chi connectivity index (χ1n) is 6.65. The molecule has 1 aliphatic heterocycles. The second-order valence-corrected chi connectivity index (χ2v) is 5.90. The van der Waals surface area contributed by atoms with E-state index in [4.69, 9.17) is 9.72 Å². The van der Waals surface area contributed by atoms with Crippen molar-refractivity contribution < 1.29 is 4.74 Å². The number of nitrogens with one attached hydrogen (secondary N) is 1. The van der Waals surface area contributed by atoms with Crippen molar-refractivity contribution in [2.45, 2.75) is 32.9 Å². The van der Waals surface area contributed by atoms with E-state index < -0.39 is 0 Å². The summed E-state index contributed by atoms with van der Waals surface area (Å²) in [5.74, 6) is 0.840. The smallest absolute Gasteiger partial charge is 0.185 e. The Labute approximate surface area is 113 Å². The van der Waals surface area contributed by atoms with Crippen LogP contribution in [0, 0.1) is 5.92 Å². The summed E-state index contributed by atoms with van der Waals surface area (Å²) in [6.45, 7) is 6.08. The lowest BCUT2D eigenvalue weighted by molar-refractivity contribution is 0.181. The SMILES string of the molecule is CCC1CCN(c2nc(COC)c(CNC)s2)C1. The van der Waals surface area contributed by atoms with E-state index in [1.54, 1.807) is 18.4 Å². The number of hydrogen-bond acceptors (Lipinski definition) is 5. The molecular weight excluding hydrogens is 246 g/mol. The molecular formula is C13H23N3OS. The minimum Gasteiger partial charge on any atom is -0.378 e. The zero-order valence-electron chi connectivity index (χ0n) is 11.5. The quantitative estimate of drug-likeness (QED) is 0.859. The van der Waals surface area contributed by atoms with Crippen molar-refractivity contribution in [3.63, 3.8) is 0 Å². The normalized spacial score (nSPS) is 19.7. The summed E-state index contributed by atoms with van der Waals surface area (Å²) < 4.78 is 5.23. The van der Waals surface area contributed by atoms with Crippen molar-refractivity contribution in [3.05, 3.63) is 10.6 Å². The molecule has 0 aliphatic carbocycles. The fraction of sp³-hybridized carbons (Fsp3) is 0.769. The van der Waals surface area contributed by atoms with Gasteiger partial charge in [0.25, 0.3) is 0 Å². The summed E-state index contributed by atoms with van der Waals surface area (Å²) in [5, 5.41) is 4.37. The first-order valence-corrected chi connectivity index (χ1v) is 7.47. The summed E-state index contributed by atoms with van der Waals surface area (Å²) in [5.41, 5.74) is 1.09. The maximum absolute atomic E-state index is 5.23. The van der Waals surface area contributed by atoms with Gasteiger partial charge in [-0.15, -0.1) is 11.3 Å². The molecule has 4 nitrogen and oxygen atoms in total. The number of aromatic nitrogens is 1. The van der Waals surface area contributed by atoms with E-state index in [1.807, 2.05) is 7.05 Å². The van der Waals surface area contributed by atoms with Crippen LogP contribution in [0.5, 0.6) is 0 Å². The molecule has 5 heteroatoms. The van der Waals surface area contributed by atoms with Gasteiger partial charge in [0.15, 0.2) is 5.13 Å². The van der Waals surface area contributed by atoms with Crippen LogP contribution in [0.15, 0.2) is 0 Å². The number of ether oxygens (including phenoxy) is 1. The number of hydrogen-bond donors (Lipinski definition) is 1. The molecule has 1 saturated heterocycles. The Hall–Kier alpha value is -0.650. The van der Waals surface area contributed by atoms with Crippen LogP contribution in [0.25, 0.3) is 0 Å². The Morgan fingerprint density at radius 2 is 2.39 bits per heavy atom. The van der Waals surface area contributed by atoms with Crippen molar-refractivity contribution in [2.75, 3.05) is 32.1 Å². The van der Waals surface area contributed by atoms with Crippen LogP contribution < -0.4 is 10.2 Å². The van der Waals surface area contributed by atoms with Gasteiger partial charge >= 0.3 is 0 Å². The number of thiazole rings is 1. The van der Waals surface area contributed by atoms with Crippen molar-refractivity contribution >= 4 is 16.5 Å².